The van der Waals surface area contributed by atoms with Crippen molar-refractivity contribution in [2.45, 2.75) is 25.3 Å². The average Bonchev–Trinajstić information content (AvgIpc) is 2.78. The molecule has 0 amide bonds. The van der Waals surface area contributed by atoms with E-state index in [0.717, 1.165) is 25.8 Å². The summed E-state index contributed by atoms with van der Waals surface area (Å²) in [5.41, 5.74) is 1.43. The molecule has 1 saturated heterocycles. The summed E-state index contributed by atoms with van der Waals surface area (Å²) >= 11 is 5.93. The number of carboxylic acid groups (broad SMARTS) is 1. The Labute approximate surface area is 121 Å². The number of carboxylic acids is 1. The van der Waals surface area contributed by atoms with Gasteiger partial charge in [-0.2, -0.15) is 5.10 Å². The summed E-state index contributed by atoms with van der Waals surface area (Å²) in [6.45, 7) is 0.947. The van der Waals surface area contributed by atoms with E-state index in [1.807, 2.05) is 7.05 Å². The maximum absolute atomic E-state index is 11.5. The predicted octanol–water partition coefficient (Wildman–Crippen LogP) is 2.24. The molecular weight excluding hydrogens is 280 g/mol. The summed E-state index contributed by atoms with van der Waals surface area (Å²) in [6.07, 6.45) is 4.51. The number of hydrogen-bond acceptors (Lipinski definition) is 4. The van der Waals surface area contributed by atoms with Crippen LogP contribution in [0.2, 0.25) is 5.15 Å². The van der Waals surface area contributed by atoms with Gasteiger partial charge in [-0.25, -0.2) is 14.3 Å². The van der Waals surface area contributed by atoms with Crippen LogP contribution < -0.4 is 0 Å². The lowest BCUT2D eigenvalue weighted by Crippen LogP contribution is -2.32. The van der Waals surface area contributed by atoms with Gasteiger partial charge in [0.15, 0.2) is 10.8 Å². The molecule has 0 radical (unpaired) electrons. The molecule has 20 heavy (non-hydrogen) atoms. The summed E-state index contributed by atoms with van der Waals surface area (Å²) in [5.74, 6) is -0.986. The number of aromatic nitrogens is 3. The maximum atomic E-state index is 11.5. The van der Waals surface area contributed by atoms with E-state index < -0.39 is 5.97 Å². The van der Waals surface area contributed by atoms with Gasteiger partial charge in [0, 0.05) is 12.3 Å². The van der Waals surface area contributed by atoms with Gasteiger partial charge < -0.3 is 5.11 Å². The first-order chi connectivity index (χ1) is 9.58. The van der Waals surface area contributed by atoms with Crippen molar-refractivity contribution in [3.63, 3.8) is 0 Å². The maximum Gasteiger partial charge on any atom is 0.339 e. The zero-order chi connectivity index (χ0) is 14.3. The minimum atomic E-state index is -0.986. The van der Waals surface area contributed by atoms with E-state index in [1.165, 1.54) is 6.20 Å². The topological polar surface area (TPSA) is 70.7 Å². The Balaban J connectivity index is 2.23. The third-order valence-electron chi connectivity index (χ3n) is 3.81. The van der Waals surface area contributed by atoms with E-state index in [9.17, 15) is 9.90 Å². The highest BCUT2D eigenvalue weighted by Gasteiger charge is 2.28. The first-order valence-electron chi connectivity index (χ1n) is 6.55. The second-order valence-corrected chi connectivity index (χ2v) is 5.48. The van der Waals surface area contributed by atoms with Gasteiger partial charge >= 0.3 is 5.97 Å². The van der Waals surface area contributed by atoms with Crippen molar-refractivity contribution < 1.29 is 9.90 Å². The lowest BCUT2D eigenvalue weighted by Gasteiger charge is -2.33. The van der Waals surface area contributed by atoms with Crippen LogP contribution in [0.25, 0.3) is 5.65 Å². The van der Waals surface area contributed by atoms with Crippen LogP contribution in [-0.2, 0) is 0 Å². The molecule has 0 saturated carbocycles. The second kappa shape index (κ2) is 5.03. The Bertz CT molecular complexity index is 670. The normalized spacial score (nSPS) is 20.4. The highest BCUT2D eigenvalue weighted by Crippen LogP contribution is 2.32. The SMILES string of the molecule is CN1CCCCC1c1c(C(=O)O)cnc2cc(Cl)nn12. The fourth-order valence-electron chi connectivity index (χ4n) is 2.83. The van der Waals surface area contributed by atoms with E-state index in [0.29, 0.717) is 16.5 Å². The fraction of sp³-hybridized carbons (Fsp3) is 0.462. The Kier molecular flexibility index (Phi) is 3.35. The highest BCUT2D eigenvalue weighted by atomic mass is 35.5. The standard InChI is InChI=1S/C13H15ClN4O2/c1-17-5-3-2-4-9(17)12-8(13(19)20)7-15-11-6-10(14)16-18(11)12/h6-7,9H,2-5H2,1H3,(H,19,20). The molecule has 1 N–H and O–H groups in total. The molecule has 1 aliphatic rings. The molecule has 1 atom stereocenters. The second-order valence-electron chi connectivity index (χ2n) is 5.09. The molecule has 106 valence electrons. The lowest BCUT2D eigenvalue weighted by atomic mass is 9.97. The van der Waals surface area contributed by atoms with Crippen molar-refractivity contribution in [2.75, 3.05) is 13.6 Å². The molecule has 0 aromatic carbocycles. The third kappa shape index (κ3) is 2.14. The van der Waals surface area contributed by atoms with E-state index in [4.69, 9.17) is 11.6 Å². The zero-order valence-electron chi connectivity index (χ0n) is 11.1. The van der Waals surface area contributed by atoms with E-state index in [-0.39, 0.29) is 11.6 Å². The van der Waals surface area contributed by atoms with Gasteiger partial charge in [0.05, 0.1) is 11.7 Å². The molecular formula is C13H15ClN4O2. The number of rotatable bonds is 2. The number of carbonyl (C=O) groups is 1. The van der Waals surface area contributed by atoms with Gasteiger partial charge in [0.2, 0.25) is 0 Å². The Morgan fingerprint density at radius 2 is 2.30 bits per heavy atom. The Morgan fingerprint density at radius 1 is 1.50 bits per heavy atom. The molecule has 1 aliphatic heterocycles. The van der Waals surface area contributed by atoms with Crippen LogP contribution in [0.15, 0.2) is 12.3 Å². The summed E-state index contributed by atoms with van der Waals surface area (Å²) in [4.78, 5) is 17.8. The molecule has 0 spiro atoms. The van der Waals surface area contributed by atoms with E-state index >= 15 is 0 Å². The molecule has 0 bridgehead atoms. The number of piperidine rings is 1. The van der Waals surface area contributed by atoms with Crippen LogP contribution in [0.1, 0.15) is 41.4 Å². The van der Waals surface area contributed by atoms with Gasteiger partial charge in [-0.3, -0.25) is 4.90 Å². The van der Waals surface area contributed by atoms with Gasteiger partial charge in [-0.15, -0.1) is 0 Å². The molecule has 3 rings (SSSR count). The van der Waals surface area contributed by atoms with Crippen LogP contribution in [0.4, 0.5) is 0 Å². The molecule has 2 aromatic rings. The number of aromatic carboxylic acids is 1. The summed E-state index contributed by atoms with van der Waals surface area (Å²) in [7, 11) is 2.01. The number of likely N-dealkylation sites (tertiary alicyclic amines) is 1. The van der Waals surface area contributed by atoms with Crippen LogP contribution in [0.3, 0.4) is 0 Å². The highest BCUT2D eigenvalue weighted by molar-refractivity contribution is 6.29. The molecule has 0 aliphatic carbocycles. The number of nitrogens with zero attached hydrogens (tertiary/aromatic N) is 4. The van der Waals surface area contributed by atoms with Crippen molar-refractivity contribution in [2.24, 2.45) is 0 Å². The van der Waals surface area contributed by atoms with E-state index in [1.54, 1.807) is 10.6 Å². The Hall–Kier alpha value is -1.66. The zero-order valence-corrected chi connectivity index (χ0v) is 11.8. The van der Waals surface area contributed by atoms with Crippen LogP contribution in [-0.4, -0.2) is 44.2 Å². The first kappa shape index (κ1) is 13.3. The molecule has 6 nitrogen and oxygen atoms in total. The minimum Gasteiger partial charge on any atom is -0.478 e. The summed E-state index contributed by atoms with van der Waals surface area (Å²) in [5, 5.41) is 13.9. The number of fused-ring (bicyclic) bond motifs is 1. The van der Waals surface area contributed by atoms with Crippen LogP contribution >= 0.6 is 11.6 Å². The van der Waals surface area contributed by atoms with Gasteiger partial charge in [-0.1, -0.05) is 18.0 Å². The van der Waals surface area contributed by atoms with Gasteiger partial charge in [-0.05, 0) is 26.4 Å². The third-order valence-corrected chi connectivity index (χ3v) is 3.99. The van der Waals surface area contributed by atoms with Gasteiger partial charge in [0.25, 0.3) is 0 Å². The lowest BCUT2D eigenvalue weighted by molar-refractivity contribution is 0.0689. The first-order valence-corrected chi connectivity index (χ1v) is 6.93. The van der Waals surface area contributed by atoms with E-state index in [2.05, 4.69) is 15.0 Å². The summed E-state index contributed by atoms with van der Waals surface area (Å²) in [6, 6.07) is 1.66. The molecule has 1 fully saturated rings. The van der Waals surface area contributed by atoms with Crippen molar-refractivity contribution in [3.8, 4) is 0 Å². The smallest absolute Gasteiger partial charge is 0.339 e. The van der Waals surface area contributed by atoms with Gasteiger partial charge in [0.1, 0.15) is 5.56 Å². The number of halogens is 1. The monoisotopic (exact) mass is 294 g/mol. The number of hydrogen-bond donors (Lipinski definition) is 1. The van der Waals surface area contributed by atoms with Crippen molar-refractivity contribution in [3.05, 3.63) is 28.7 Å². The van der Waals surface area contributed by atoms with Crippen molar-refractivity contribution in [1.82, 2.24) is 19.5 Å². The molecule has 7 heteroatoms. The molecule has 1 unspecified atom stereocenters. The molecule has 2 aromatic heterocycles. The Morgan fingerprint density at radius 3 is 3.00 bits per heavy atom. The van der Waals surface area contributed by atoms with Crippen LogP contribution in [0.5, 0.6) is 0 Å². The van der Waals surface area contributed by atoms with Crippen LogP contribution in [0, 0.1) is 0 Å². The molecule has 3 heterocycles. The quantitative estimate of drug-likeness (QED) is 0.920. The van der Waals surface area contributed by atoms with Crippen molar-refractivity contribution in [1.29, 1.82) is 0 Å². The minimum absolute atomic E-state index is 0.0244. The summed E-state index contributed by atoms with van der Waals surface area (Å²) < 4.78 is 1.57. The largest absolute Gasteiger partial charge is 0.478 e. The predicted molar refractivity (Wildman–Crippen MR) is 74.2 cm³/mol. The fourth-order valence-corrected chi connectivity index (χ4v) is 3.00. The average molecular weight is 295 g/mol. The van der Waals surface area contributed by atoms with Crippen molar-refractivity contribution >= 4 is 23.2 Å².